The summed E-state index contributed by atoms with van der Waals surface area (Å²) in [4.78, 5) is 15.6. The van der Waals surface area contributed by atoms with Crippen molar-refractivity contribution in [3.8, 4) is 0 Å². The maximum absolute atomic E-state index is 11.6. The van der Waals surface area contributed by atoms with E-state index in [0.717, 1.165) is 5.69 Å². The lowest BCUT2D eigenvalue weighted by Crippen LogP contribution is -2.11. The number of carbonyl (C=O) groups excluding carboxylic acids is 1. The summed E-state index contributed by atoms with van der Waals surface area (Å²) < 4.78 is 1.46. The zero-order valence-corrected chi connectivity index (χ0v) is 8.61. The molecule has 1 N–H and O–H groups in total. The monoisotopic (exact) mass is 194 g/mol. The number of imidazole rings is 1. The largest absolute Gasteiger partial charge is 0.512 e. The van der Waals surface area contributed by atoms with Crippen LogP contribution in [0.25, 0.3) is 0 Å². The first kappa shape index (κ1) is 10.5. The quantitative estimate of drug-likeness (QED) is 0.578. The fourth-order valence-electron chi connectivity index (χ4n) is 1.20. The summed E-state index contributed by atoms with van der Waals surface area (Å²) in [6, 6.07) is 0. The molecular formula is C10H14N2O2. The van der Waals surface area contributed by atoms with Gasteiger partial charge in [-0.3, -0.25) is 9.36 Å². The van der Waals surface area contributed by atoms with E-state index in [1.54, 1.807) is 27.0 Å². The van der Waals surface area contributed by atoms with Crippen LogP contribution >= 0.6 is 0 Å². The number of aromatic nitrogens is 2. The number of rotatable bonds is 2. The van der Waals surface area contributed by atoms with Crippen molar-refractivity contribution in [3.05, 3.63) is 29.6 Å². The van der Waals surface area contributed by atoms with Crippen molar-refractivity contribution < 1.29 is 9.90 Å². The van der Waals surface area contributed by atoms with Gasteiger partial charge < -0.3 is 5.11 Å². The van der Waals surface area contributed by atoms with Crippen LogP contribution in [0.5, 0.6) is 0 Å². The second-order valence-electron chi connectivity index (χ2n) is 3.11. The number of aryl methyl sites for hydroxylation is 2. The molecule has 4 heteroatoms. The van der Waals surface area contributed by atoms with Gasteiger partial charge in [-0.15, -0.1) is 0 Å². The molecule has 76 valence electrons. The van der Waals surface area contributed by atoms with Gasteiger partial charge in [-0.05, 0) is 13.8 Å². The molecule has 4 nitrogen and oxygen atoms in total. The molecule has 1 heterocycles. The average Bonchev–Trinajstić information content (AvgIpc) is 2.46. The van der Waals surface area contributed by atoms with E-state index in [9.17, 15) is 9.90 Å². The van der Waals surface area contributed by atoms with E-state index in [0.29, 0.717) is 12.2 Å². The fourth-order valence-corrected chi connectivity index (χ4v) is 1.20. The zero-order chi connectivity index (χ0) is 10.7. The maximum Gasteiger partial charge on any atom is 0.259 e. The van der Waals surface area contributed by atoms with Crippen molar-refractivity contribution in [1.82, 2.24) is 9.55 Å². The number of aliphatic hydroxyl groups is 1. The van der Waals surface area contributed by atoms with Crippen molar-refractivity contribution >= 4 is 5.91 Å². The molecule has 0 atom stereocenters. The van der Waals surface area contributed by atoms with E-state index in [4.69, 9.17) is 0 Å². The minimum Gasteiger partial charge on any atom is -0.512 e. The van der Waals surface area contributed by atoms with Crippen LogP contribution in [0.3, 0.4) is 0 Å². The minimum atomic E-state index is -0.253. The normalized spacial score (nSPS) is 11.8. The smallest absolute Gasteiger partial charge is 0.259 e. The second-order valence-corrected chi connectivity index (χ2v) is 3.11. The number of nitrogens with zero attached hydrogens (tertiary/aromatic N) is 2. The van der Waals surface area contributed by atoms with Crippen LogP contribution in [-0.2, 0) is 0 Å². The maximum atomic E-state index is 11.6. The molecule has 0 aliphatic carbocycles. The number of hydrogen-bond donors (Lipinski definition) is 1. The standard InChI is InChI=1S/C10H14N2O2/c1-4-9(13)5-10(14)12-7(2)6-11-8(12)3/h5-6,13H,4H2,1-3H3. The third-order valence-corrected chi connectivity index (χ3v) is 1.99. The molecule has 0 aromatic carbocycles. The molecule has 0 saturated carbocycles. The van der Waals surface area contributed by atoms with Crippen molar-refractivity contribution in [2.45, 2.75) is 27.2 Å². The molecule has 0 aliphatic heterocycles. The van der Waals surface area contributed by atoms with Crippen LogP contribution in [0.1, 0.15) is 29.7 Å². The Hall–Kier alpha value is -1.58. The summed E-state index contributed by atoms with van der Waals surface area (Å²) in [7, 11) is 0. The van der Waals surface area contributed by atoms with Crippen molar-refractivity contribution in [2.24, 2.45) is 0 Å². The number of aliphatic hydroxyl groups excluding tert-OH is 1. The Morgan fingerprint density at radius 3 is 2.71 bits per heavy atom. The molecule has 1 rings (SSSR count). The fraction of sp³-hybridized carbons (Fsp3) is 0.400. The van der Waals surface area contributed by atoms with Crippen molar-refractivity contribution in [3.63, 3.8) is 0 Å². The van der Waals surface area contributed by atoms with Gasteiger partial charge in [0.1, 0.15) is 5.82 Å². The second kappa shape index (κ2) is 4.09. The van der Waals surface area contributed by atoms with Gasteiger partial charge in [0.15, 0.2) is 0 Å². The number of hydrogen-bond acceptors (Lipinski definition) is 3. The molecule has 0 spiro atoms. The lowest BCUT2D eigenvalue weighted by Gasteiger charge is -2.02. The average molecular weight is 194 g/mol. The Morgan fingerprint density at radius 2 is 2.29 bits per heavy atom. The molecule has 0 amide bonds. The minimum absolute atomic E-state index is 0.0856. The van der Waals surface area contributed by atoms with E-state index >= 15 is 0 Å². The Kier molecular flexibility index (Phi) is 3.06. The van der Waals surface area contributed by atoms with Gasteiger partial charge >= 0.3 is 0 Å². The summed E-state index contributed by atoms with van der Waals surface area (Å²) in [5.41, 5.74) is 0.771. The number of allylic oxidation sites excluding steroid dienone is 2. The van der Waals surface area contributed by atoms with Gasteiger partial charge in [-0.2, -0.15) is 0 Å². The van der Waals surface area contributed by atoms with Gasteiger partial charge in [0, 0.05) is 24.4 Å². The van der Waals surface area contributed by atoms with E-state index in [1.165, 1.54) is 10.6 Å². The molecule has 14 heavy (non-hydrogen) atoms. The van der Waals surface area contributed by atoms with E-state index in [-0.39, 0.29) is 11.7 Å². The number of carbonyl (C=O) groups is 1. The van der Waals surface area contributed by atoms with Crippen LogP contribution in [0.2, 0.25) is 0 Å². The molecule has 0 unspecified atom stereocenters. The van der Waals surface area contributed by atoms with E-state index in [2.05, 4.69) is 4.98 Å². The lowest BCUT2D eigenvalue weighted by molar-refractivity contribution is 0.0960. The first-order valence-corrected chi connectivity index (χ1v) is 4.51. The summed E-state index contributed by atoms with van der Waals surface area (Å²) in [5, 5.41) is 9.22. The van der Waals surface area contributed by atoms with Gasteiger partial charge in [0.05, 0.1) is 5.76 Å². The summed E-state index contributed by atoms with van der Waals surface area (Å²) in [6.45, 7) is 5.34. The van der Waals surface area contributed by atoms with Crippen molar-refractivity contribution in [1.29, 1.82) is 0 Å². The molecular weight excluding hydrogens is 180 g/mol. The third-order valence-electron chi connectivity index (χ3n) is 1.99. The Labute approximate surface area is 82.9 Å². The molecule has 1 aromatic heterocycles. The molecule has 0 bridgehead atoms. The molecule has 0 saturated heterocycles. The van der Waals surface area contributed by atoms with Crippen molar-refractivity contribution in [2.75, 3.05) is 0 Å². The first-order valence-electron chi connectivity index (χ1n) is 4.51. The highest BCUT2D eigenvalue weighted by Gasteiger charge is 2.09. The zero-order valence-electron chi connectivity index (χ0n) is 8.61. The summed E-state index contributed by atoms with van der Waals surface area (Å²) in [6.07, 6.45) is 3.31. The Morgan fingerprint density at radius 1 is 1.64 bits per heavy atom. The SMILES string of the molecule is CCC(O)=CC(=O)n1c(C)cnc1C. The summed E-state index contributed by atoms with van der Waals surface area (Å²) >= 11 is 0. The highest BCUT2D eigenvalue weighted by Crippen LogP contribution is 2.05. The predicted molar refractivity (Wildman–Crippen MR) is 53.3 cm³/mol. The Balaban J connectivity index is 3.01. The Bertz CT molecular complexity index is 358. The molecule has 0 fully saturated rings. The highest BCUT2D eigenvalue weighted by molar-refractivity contribution is 5.91. The van der Waals surface area contributed by atoms with Crippen LogP contribution in [-0.4, -0.2) is 20.6 Å². The van der Waals surface area contributed by atoms with Crippen LogP contribution in [0.15, 0.2) is 18.0 Å². The topological polar surface area (TPSA) is 55.1 Å². The van der Waals surface area contributed by atoms with Crippen LogP contribution in [0, 0.1) is 13.8 Å². The van der Waals surface area contributed by atoms with E-state index < -0.39 is 0 Å². The van der Waals surface area contributed by atoms with Gasteiger partial charge in [-0.25, -0.2) is 4.98 Å². The molecule has 1 aromatic rings. The van der Waals surface area contributed by atoms with Gasteiger partial charge in [-0.1, -0.05) is 6.92 Å². The molecule has 0 aliphatic rings. The van der Waals surface area contributed by atoms with Crippen LogP contribution < -0.4 is 0 Å². The van der Waals surface area contributed by atoms with Gasteiger partial charge in [0.25, 0.3) is 5.91 Å². The van der Waals surface area contributed by atoms with Gasteiger partial charge in [0.2, 0.25) is 0 Å². The van der Waals surface area contributed by atoms with E-state index in [1.807, 2.05) is 0 Å². The lowest BCUT2D eigenvalue weighted by atomic mass is 10.3. The molecule has 0 radical (unpaired) electrons. The predicted octanol–water partition coefficient (Wildman–Crippen LogP) is 1.99. The highest BCUT2D eigenvalue weighted by atomic mass is 16.3. The summed E-state index contributed by atoms with van der Waals surface area (Å²) in [5.74, 6) is 0.465. The van der Waals surface area contributed by atoms with Crippen LogP contribution in [0.4, 0.5) is 0 Å². The third kappa shape index (κ3) is 2.02. The first-order chi connectivity index (χ1) is 6.56.